The molecule has 14 aromatic rings. The first kappa shape index (κ1) is 51.4. The number of rotatable bonds is 11. The molecule has 0 fully saturated rings. The van der Waals surface area contributed by atoms with E-state index in [9.17, 15) is 0 Å². The van der Waals surface area contributed by atoms with Crippen molar-refractivity contribution in [2.75, 3.05) is 9.80 Å². The molecule has 0 radical (unpaired) electrons. The van der Waals surface area contributed by atoms with E-state index >= 15 is 0 Å². The lowest BCUT2D eigenvalue weighted by Crippen LogP contribution is -2.61. The summed E-state index contributed by atoms with van der Waals surface area (Å²) in [7, 11) is 0. The van der Waals surface area contributed by atoms with Crippen LogP contribution >= 0.6 is 0 Å². The van der Waals surface area contributed by atoms with Gasteiger partial charge in [-0.2, -0.15) is 0 Å². The predicted molar refractivity (Wildman–Crippen MR) is 369 cm³/mol. The smallest absolute Gasteiger partial charge is 0.252 e. The largest absolute Gasteiger partial charge is 0.310 e. The Morgan fingerprint density at radius 1 is 0.172 bits per heavy atom. The van der Waals surface area contributed by atoms with Crippen molar-refractivity contribution in [1.82, 2.24) is 0 Å². The lowest BCUT2D eigenvalue weighted by molar-refractivity contribution is 1.25. The number of hydrogen-bond donors (Lipinski definition) is 0. The van der Waals surface area contributed by atoms with Crippen LogP contribution in [0.5, 0.6) is 0 Å². The number of nitrogens with zero attached hydrogens (tertiary/aromatic N) is 2. The van der Waals surface area contributed by atoms with E-state index in [-0.39, 0.29) is 6.71 Å². The van der Waals surface area contributed by atoms with Crippen molar-refractivity contribution in [3.63, 3.8) is 0 Å². The maximum atomic E-state index is 2.66. The van der Waals surface area contributed by atoms with Gasteiger partial charge >= 0.3 is 0 Å². The van der Waals surface area contributed by atoms with Crippen molar-refractivity contribution >= 4 is 57.2 Å². The molecule has 0 amide bonds. The summed E-state index contributed by atoms with van der Waals surface area (Å²) in [6.07, 6.45) is 0. The molecule has 0 saturated carbocycles. The lowest BCUT2D eigenvalue weighted by Gasteiger charge is -2.46. The minimum atomic E-state index is -0.211. The van der Waals surface area contributed by atoms with Crippen LogP contribution in [0.15, 0.2) is 346 Å². The Morgan fingerprint density at radius 3 is 0.667 bits per heavy atom. The molecule has 0 aromatic heterocycles. The Balaban J connectivity index is 1.10. The molecule has 2 aliphatic rings. The molecule has 3 heteroatoms. The molecule has 0 N–H and O–H groups in total. The molecule has 0 aliphatic carbocycles. The van der Waals surface area contributed by atoms with Crippen molar-refractivity contribution in [2.24, 2.45) is 0 Å². The zero-order valence-electron chi connectivity index (χ0n) is 47.9. The zero-order valence-corrected chi connectivity index (χ0v) is 47.9. The van der Waals surface area contributed by atoms with Crippen LogP contribution in [0.25, 0.3) is 100 Å². The van der Waals surface area contributed by atoms with E-state index in [4.69, 9.17) is 0 Å². The van der Waals surface area contributed by atoms with Crippen LogP contribution in [0.1, 0.15) is 0 Å². The third-order valence-corrected chi connectivity index (χ3v) is 17.6. The fraction of sp³-hybridized carbons (Fsp3) is 0. The summed E-state index contributed by atoms with van der Waals surface area (Å²) in [6.45, 7) is -0.211. The molecule has 0 saturated heterocycles. The number of hydrogen-bond acceptors (Lipinski definition) is 2. The van der Waals surface area contributed by atoms with Gasteiger partial charge in [0.25, 0.3) is 6.71 Å². The van der Waals surface area contributed by atoms with Gasteiger partial charge in [0.2, 0.25) is 0 Å². The van der Waals surface area contributed by atoms with E-state index in [0.29, 0.717) is 0 Å². The van der Waals surface area contributed by atoms with E-state index < -0.39 is 0 Å². The van der Waals surface area contributed by atoms with Gasteiger partial charge in [0.05, 0.1) is 11.4 Å². The van der Waals surface area contributed by atoms with E-state index in [1.54, 1.807) is 0 Å². The highest BCUT2D eigenvalue weighted by atomic mass is 15.2. The monoisotopic (exact) mass is 1100 g/mol. The minimum absolute atomic E-state index is 0.211. The summed E-state index contributed by atoms with van der Waals surface area (Å²) in [5.74, 6) is 0. The Hall–Kier alpha value is -11.3. The molecule has 87 heavy (non-hydrogen) atoms. The van der Waals surface area contributed by atoms with Crippen molar-refractivity contribution < 1.29 is 0 Å². The van der Waals surface area contributed by atoms with E-state index in [2.05, 4.69) is 356 Å². The maximum absolute atomic E-state index is 2.66. The minimum Gasteiger partial charge on any atom is -0.310 e. The van der Waals surface area contributed by atoms with Gasteiger partial charge in [0, 0.05) is 45.0 Å². The van der Waals surface area contributed by atoms with Gasteiger partial charge in [-0.1, -0.05) is 297 Å². The SMILES string of the molecule is c1ccc(-c2ccc3c(c2)B2c4cc(-c5ccccc5)ccc4N(c4c(-c5ccccc5)cc(-c5ccccc5)cc4-c4ccccc4)c4cc(-c5ccccc5)cc(c42)N3c2c(-c3ccccc3)cc(-c3ccccc3)cc2-c2ccccc2)cc1. The average molecular weight is 1110 g/mol. The van der Waals surface area contributed by atoms with E-state index in [1.165, 1.54) is 38.6 Å². The molecular formula is C84H57BN2. The predicted octanol–water partition coefficient (Wildman–Crippen LogP) is 20.8. The average Bonchev–Trinajstić information content (AvgIpc) is 0.729. The molecule has 2 aliphatic heterocycles. The highest BCUT2D eigenvalue weighted by Gasteiger charge is 2.46. The van der Waals surface area contributed by atoms with Crippen LogP contribution in [0.3, 0.4) is 0 Å². The molecule has 0 spiro atoms. The van der Waals surface area contributed by atoms with E-state index in [1.807, 2.05) is 0 Å². The normalized spacial score (nSPS) is 12.1. The van der Waals surface area contributed by atoms with Crippen LogP contribution < -0.4 is 26.2 Å². The summed E-state index contributed by atoms with van der Waals surface area (Å²) in [6, 6.07) is 128. The number of fused-ring (bicyclic) bond motifs is 4. The van der Waals surface area contributed by atoms with Crippen LogP contribution in [0, 0.1) is 0 Å². The van der Waals surface area contributed by atoms with Crippen LogP contribution in [-0.4, -0.2) is 6.71 Å². The lowest BCUT2D eigenvalue weighted by atomic mass is 9.33. The van der Waals surface area contributed by atoms with Gasteiger partial charge in [0.15, 0.2) is 0 Å². The quantitative estimate of drug-likeness (QED) is 0.119. The Kier molecular flexibility index (Phi) is 13.0. The van der Waals surface area contributed by atoms with Crippen molar-refractivity contribution in [3.8, 4) is 100 Å². The first-order valence-corrected chi connectivity index (χ1v) is 30.1. The molecular weight excluding hydrogens is 1050 g/mol. The second kappa shape index (κ2) is 22.1. The van der Waals surface area contributed by atoms with Gasteiger partial charge < -0.3 is 9.80 Å². The molecule has 2 heterocycles. The molecule has 406 valence electrons. The fourth-order valence-electron chi connectivity index (χ4n) is 13.6. The second-order valence-corrected chi connectivity index (χ2v) is 22.7. The summed E-state index contributed by atoms with van der Waals surface area (Å²) in [5.41, 5.74) is 31.2. The standard InChI is InChI=1S/C84H57BN2/c1-10-28-58(29-11-1)67-46-48-78-76(54-67)85-77-55-68(59-30-12-2-13-31-59)47-49-79(77)87(84-74(65-42-24-8-25-43-65)52-70(61-34-16-4-17-35-61)53-75(84)66-44-26-9-27-45-66)81-57-71(62-36-18-5-19-37-62)56-80(82(81)85)86(78)83-72(63-38-20-6-21-39-63)50-69(60-32-14-3-15-33-60)51-73(83)64-40-22-7-23-41-64/h1-57H. The Bertz CT molecular complexity index is 4400. The third kappa shape index (κ3) is 9.25. The first-order chi connectivity index (χ1) is 43.2. The van der Waals surface area contributed by atoms with Crippen LogP contribution in [0.4, 0.5) is 34.1 Å². The van der Waals surface area contributed by atoms with Crippen molar-refractivity contribution in [3.05, 3.63) is 346 Å². The summed E-state index contributed by atoms with van der Waals surface area (Å²) in [4.78, 5) is 5.31. The fourth-order valence-corrected chi connectivity index (χ4v) is 13.6. The van der Waals surface area contributed by atoms with Gasteiger partial charge in [-0.05, 0) is 143 Å². The second-order valence-electron chi connectivity index (χ2n) is 22.7. The molecule has 14 aromatic carbocycles. The van der Waals surface area contributed by atoms with Crippen molar-refractivity contribution in [2.45, 2.75) is 0 Å². The highest BCUT2D eigenvalue weighted by molar-refractivity contribution is 7.00. The summed E-state index contributed by atoms with van der Waals surface area (Å²) in [5, 5.41) is 0. The van der Waals surface area contributed by atoms with Crippen LogP contribution in [-0.2, 0) is 0 Å². The Morgan fingerprint density at radius 2 is 0.402 bits per heavy atom. The Labute approximate surface area is 510 Å². The van der Waals surface area contributed by atoms with Gasteiger partial charge in [-0.15, -0.1) is 0 Å². The van der Waals surface area contributed by atoms with Gasteiger partial charge in [-0.25, -0.2) is 0 Å². The molecule has 16 rings (SSSR count). The van der Waals surface area contributed by atoms with Crippen molar-refractivity contribution in [1.29, 1.82) is 0 Å². The topological polar surface area (TPSA) is 6.48 Å². The number of anilines is 6. The highest BCUT2D eigenvalue weighted by Crippen LogP contribution is 2.55. The first-order valence-electron chi connectivity index (χ1n) is 30.1. The van der Waals surface area contributed by atoms with E-state index in [0.717, 1.165) is 112 Å². The summed E-state index contributed by atoms with van der Waals surface area (Å²) >= 11 is 0. The summed E-state index contributed by atoms with van der Waals surface area (Å²) < 4.78 is 0. The number of benzene rings is 14. The maximum Gasteiger partial charge on any atom is 0.252 e. The molecule has 2 nitrogen and oxygen atoms in total. The zero-order chi connectivity index (χ0) is 57.6. The molecule has 0 unspecified atom stereocenters. The third-order valence-electron chi connectivity index (χ3n) is 17.6. The van der Waals surface area contributed by atoms with Gasteiger partial charge in [-0.3, -0.25) is 0 Å². The molecule has 0 bridgehead atoms. The van der Waals surface area contributed by atoms with Crippen LogP contribution in [0.2, 0.25) is 0 Å². The molecule has 0 atom stereocenters. The van der Waals surface area contributed by atoms with Gasteiger partial charge in [0.1, 0.15) is 0 Å².